The van der Waals surface area contributed by atoms with Gasteiger partial charge >= 0.3 is 11.9 Å². The van der Waals surface area contributed by atoms with E-state index in [0.29, 0.717) is 12.8 Å². The van der Waals surface area contributed by atoms with Crippen LogP contribution in [0.15, 0.2) is 0 Å². The van der Waals surface area contributed by atoms with Crippen molar-refractivity contribution in [1.29, 1.82) is 0 Å². The molecule has 7 nitrogen and oxygen atoms in total. The van der Waals surface area contributed by atoms with Crippen LogP contribution in [0.5, 0.6) is 0 Å². The zero-order chi connectivity index (χ0) is 14.7. The van der Waals surface area contributed by atoms with Gasteiger partial charge in [-0.1, -0.05) is 6.42 Å². The monoisotopic (exact) mass is 293 g/mol. The Morgan fingerprint density at radius 1 is 1.42 bits per heavy atom. The minimum absolute atomic E-state index is 0.0446. The summed E-state index contributed by atoms with van der Waals surface area (Å²) in [5.41, 5.74) is -0.519. The van der Waals surface area contributed by atoms with Gasteiger partial charge in [0.1, 0.15) is 0 Å². The Morgan fingerprint density at radius 3 is 2.37 bits per heavy atom. The molecule has 1 unspecified atom stereocenters. The SMILES string of the molecule is COC(=O)C(C)S(=O)(=O)NCC1(CC(=O)O)CCC1. The molecule has 2 N–H and O–H groups in total. The molecule has 1 saturated carbocycles. The van der Waals surface area contributed by atoms with Gasteiger partial charge in [0.2, 0.25) is 10.0 Å². The highest BCUT2D eigenvalue weighted by Gasteiger charge is 2.41. The summed E-state index contributed by atoms with van der Waals surface area (Å²) in [5.74, 6) is -1.78. The fourth-order valence-corrected chi connectivity index (χ4v) is 3.19. The number of nitrogens with one attached hydrogen (secondary N) is 1. The van der Waals surface area contributed by atoms with Crippen molar-refractivity contribution in [3.05, 3.63) is 0 Å². The molecular weight excluding hydrogens is 274 g/mol. The van der Waals surface area contributed by atoms with E-state index in [-0.39, 0.29) is 13.0 Å². The average Bonchev–Trinajstić information content (AvgIpc) is 2.30. The quantitative estimate of drug-likeness (QED) is 0.645. The number of carboxylic acids is 1. The topological polar surface area (TPSA) is 110 Å². The lowest BCUT2D eigenvalue weighted by molar-refractivity contribution is -0.141. The number of ether oxygens (including phenoxy) is 1. The molecule has 0 amide bonds. The van der Waals surface area contributed by atoms with Gasteiger partial charge in [-0.2, -0.15) is 0 Å². The minimum atomic E-state index is -3.83. The molecule has 0 radical (unpaired) electrons. The Balaban J connectivity index is 2.64. The molecule has 1 atom stereocenters. The molecule has 8 heteroatoms. The summed E-state index contributed by atoms with van der Waals surface area (Å²) in [4.78, 5) is 22.0. The molecule has 0 aliphatic heterocycles. The molecule has 1 aliphatic rings. The molecule has 0 saturated heterocycles. The molecule has 19 heavy (non-hydrogen) atoms. The zero-order valence-electron chi connectivity index (χ0n) is 11.0. The normalized spacial score (nSPS) is 19.3. The maximum atomic E-state index is 11.8. The molecule has 1 rings (SSSR count). The second-order valence-corrected chi connectivity index (χ2v) is 7.04. The summed E-state index contributed by atoms with van der Waals surface area (Å²) in [6, 6.07) is 0. The van der Waals surface area contributed by atoms with E-state index in [1.54, 1.807) is 0 Å². The Hall–Kier alpha value is -1.15. The van der Waals surface area contributed by atoms with Crippen LogP contribution in [-0.4, -0.2) is 44.4 Å². The number of hydrogen-bond donors (Lipinski definition) is 2. The largest absolute Gasteiger partial charge is 0.481 e. The molecule has 0 heterocycles. The van der Waals surface area contributed by atoms with Crippen LogP contribution >= 0.6 is 0 Å². The third-order valence-corrected chi connectivity index (χ3v) is 5.26. The highest BCUT2D eigenvalue weighted by atomic mass is 32.2. The summed E-state index contributed by atoms with van der Waals surface area (Å²) in [6.45, 7) is 1.28. The number of methoxy groups -OCH3 is 1. The molecule has 1 aliphatic carbocycles. The standard InChI is InChI=1S/C11H19NO6S/c1-8(10(15)18-2)19(16,17)12-7-11(4-3-5-11)6-9(13)14/h8,12H,3-7H2,1-2H3,(H,13,14). The van der Waals surface area contributed by atoms with E-state index in [1.165, 1.54) is 6.92 Å². The Morgan fingerprint density at radius 2 is 2.00 bits per heavy atom. The van der Waals surface area contributed by atoms with Gasteiger partial charge in [-0.25, -0.2) is 13.1 Å². The van der Waals surface area contributed by atoms with E-state index in [9.17, 15) is 18.0 Å². The van der Waals surface area contributed by atoms with Crippen molar-refractivity contribution in [3.63, 3.8) is 0 Å². The second-order valence-electron chi connectivity index (χ2n) is 4.96. The van der Waals surface area contributed by atoms with Gasteiger partial charge in [-0.3, -0.25) is 9.59 Å². The van der Waals surface area contributed by atoms with Crippen LogP contribution in [0.3, 0.4) is 0 Å². The van der Waals surface area contributed by atoms with E-state index in [1.807, 2.05) is 0 Å². The number of carboxylic acid groups (broad SMARTS) is 1. The highest BCUT2D eigenvalue weighted by molar-refractivity contribution is 7.90. The van der Waals surface area contributed by atoms with E-state index in [0.717, 1.165) is 13.5 Å². The third-order valence-electron chi connectivity index (χ3n) is 3.59. The Labute approximate surface area is 112 Å². The summed E-state index contributed by atoms with van der Waals surface area (Å²) >= 11 is 0. The van der Waals surface area contributed by atoms with Gasteiger partial charge < -0.3 is 9.84 Å². The fraction of sp³-hybridized carbons (Fsp3) is 0.818. The van der Waals surface area contributed by atoms with E-state index in [4.69, 9.17) is 5.11 Å². The first-order valence-electron chi connectivity index (χ1n) is 6.00. The summed E-state index contributed by atoms with van der Waals surface area (Å²) in [7, 11) is -2.72. The van der Waals surface area contributed by atoms with Gasteiger partial charge in [-0.15, -0.1) is 0 Å². The van der Waals surface area contributed by atoms with Gasteiger partial charge in [-0.05, 0) is 25.2 Å². The molecular formula is C11H19NO6S. The zero-order valence-corrected chi connectivity index (χ0v) is 11.8. The highest BCUT2D eigenvalue weighted by Crippen LogP contribution is 2.43. The van der Waals surface area contributed by atoms with Crippen molar-refractivity contribution >= 4 is 22.0 Å². The molecule has 0 aromatic rings. The number of hydrogen-bond acceptors (Lipinski definition) is 5. The first-order chi connectivity index (χ1) is 8.72. The van der Waals surface area contributed by atoms with Gasteiger partial charge in [0.25, 0.3) is 0 Å². The van der Waals surface area contributed by atoms with Crippen molar-refractivity contribution in [1.82, 2.24) is 4.72 Å². The van der Waals surface area contributed by atoms with Crippen LogP contribution in [0.4, 0.5) is 0 Å². The van der Waals surface area contributed by atoms with Gasteiger partial charge in [0.05, 0.1) is 13.5 Å². The smallest absolute Gasteiger partial charge is 0.325 e. The lowest BCUT2D eigenvalue weighted by atomic mass is 9.67. The van der Waals surface area contributed by atoms with Crippen LogP contribution in [0.25, 0.3) is 0 Å². The van der Waals surface area contributed by atoms with E-state index in [2.05, 4.69) is 9.46 Å². The number of aliphatic carboxylic acids is 1. The molecule has 0 aromatic carbocycles. The van der Waals surface area contributed by atoms with E-state index >= 15 is 0 Å². The Bertz CT molecular complexity index is 454. The van der Waals surface area contributed by atoms with Crippen LogP contribution in [0, 0.1) is 5.41 Å². The van der Waals surface area contributed by atoms with E-state index < -0.39 is 32.6 Å². The summed E-state index contributed by atoms with van der Waals surface area (Å²) in [5, 5.41) is 7.52. The third kappa shape index (κ3) is 3.90. The minimum Gasteiger partial charge on any atom is -0.481 e. The Kier molecular flexibility index (Phi) is 4.92. The molecule has 0 spiro atoms. The maximum Gasteiger partial charge on any atom is 0.325 e. The van der Waals surface area contributed by atoms with Gasteiger partial charge in [0, 0.05) is 6.54 Å². The first kappa shape index (κ1) is 15.9. The molecule has 0 bridgehead atoms. The van der Waals surface area contributed by atoms with Crippen molar-refractivity contribution in [2.24, 2.45) is 5.41 Å². The maximum absolute atomic E-state index is 11.8. The van der Waals surface area contributed by atoms with Crippen LogP contribution < -0.4 is 4.72 Å². The predicted molar refractivity (Wildman–Crippen MR) is 66.9 cm³/mol. The lowest BCUT2D eigenvalue weighted by Crippen LogP contribution is -2.47. The number of rotatable bonds is 7. The van der Waals surface area contributed by atoms with Crippen LogP contribution in [-0.2, 0) is 24.3 Å². The van der Waals surface area contributed by atoms with Crippen molar-refractivity contribution in [3.8, 4) is 0 Å². The molecule has 1 fully saturated rings. The number of carbonyl (C=O) groups is 2. The summed E-state index contributed by atoms with van der Waals surface area (Å²) in [6.07, 6.45) is 2.17. The second kappa shape index (κ2) is 5.87. The van der Waals surface area contributed by atoms with Crippen molar-refractivity contribution < 1.29 is 27.9 Å². The van der Waals surface area contributed by atoms with Gasteiger partial charge in [0.15, 0.2) is 5.25 Å². The van der Waals surface area contributed by atoms with Crippen LogP contribution in [0.1, 0.15) is 32.6 Å². The number of sulfonamides is 1. The molecule has 0 aromatic heterocycles. The molecule has 110 valence electrons. The lowest BCUT2D eigenvalue weighted by Gasteiger charge is -2.40. The van der Waals surface area contributed by atoms with Crippen molar-refractivity contribution in [2.75, 3.05) is 13.7 Å². The average molecular weight is 293 g/mol. The number of esters is 1. The first-order valence-corrected chi connectivity index (χ1v) is 7.55. The van der Waals surface area contributed by atoms with Crippen molar-refractivity contribution in [2.45, 2.75) is 37.9 Å². The summed E-state index contributed by atoms with van der Waals surface area (Å²) < 4.78 is 30.4. The fourth-order valence-electron chi connectivity index (χ4n) is 2.08. The predicted octanol–water partition coefficient (Wildman–Crippen LogP) is 0.112. The number of carbonyl (C=O) groups excluding carboxylic acids is 1. The van der Waals surface area contributed by atoms with Crippen LogP contribution in [0.2, 0.25) is 0 Å².